The molecule has 1 unspecified atom stereocenters. The number of aromatic nitrogens is 1. The zero-order valence-corrected chi connectivity index (χ0v) is 9.57. The molecule has 1 fully saturated rings. The van der Waals surface area contributed by atoms with Crippen molar-refractivity contribution in [2.24, 2.45) is 5.73 Å². The molecule has 2 N–H and O–H groups in total. The number of rotatable bonds is 2. The van der Waals surface area contributed by atoms with Crippen molar-refractivity contribution in [1.82, 2.24) is 4.98 Å². The fourth-order valence-corrected chi connectivity index (χ4v) is 2.48. The van der Waals surface area contributed by atoms with E-state index in [1.165, 1.54) is 18.5 Å². The fraction of sp³-hybridized carbons (Fsp3) is 0.500. The highest BCUT2D eigenvalue weighted by molar-refractivity contribution is 9.10. The molecule has 3 nitrogen and oxygen atoms in total. The highest BCUT2D eigenvalue weighted by Gasteiger charge is 2.24. The van der Waals surface area contributed by atoms with Crippen LogP contribution in [0.25, 0.3) is 0 Å². The third kappa shape index (κ3) is 1.77. The Bertz CT molecular complexity index is 316. The van der Waals surface area contributed by atoms with Gasteiger partial charge in [0.2, 0.25) is 0 Å². The van der Waals surface area contributed by atoms with Crippen molar-refractivity contribution in [3.05, 3.63) is 22.9 Å². The van der Waals surface area contributed by atoms with Crippen LogP contribution in [0.2, 0.25) is 0 Å². The van der Waals surface area contributed by atoms with Crippen molar-refractivity contribution >= 4 is 21.6 Å². The quantitative estimate of drug-likeness (QED) is 0.876. The van der Waals surface area contributed by atoms with E-state index in [0.29, 0.717) is 6.04 Å². The van der Waals surface area contributed by atoms with Gasteiger partial charge < -0.3 is 10.6 Å². The van der Waals surface area contributed by atoms with Crippen molar-refractivity contribution in [1.29, 1.82) is 0 Å². The number of nitrogens with two attached hydrogens (primary N) is 1. The molecule has 0 radical (unpaired) electrons. The van der Waals surface area contributed by atoms with Crippen LogP contribution in [0.5, 0.6) is 0 Å². The fourth-order valence-electron chi connectivity index (χ4n) is 2.00. The maximum Gasteiger partial charge on any atom is 0.0592 e. The molecule has 2 rings (SSSR count). The first-order valence-electron chi connectivity index (χ1n) is 4.89. The molecular formula is C10H14BrN3. The Labute approximate surface area is 92.4 Å². The molecule has 1 aromatic rings. The number of anilines is 1. The summed E-state index contributed by atoms with van der Waals surface area (Å²) in [5, 5.41) is 0. The lowest BCUT2D eigenvalue weighted by Crippen LogP contribution is -2.35. The maximum atomic E-state index is 5.74. The van der Waals surface area contributed by atoms with Crippen LogP contribution >= 0.6 is 15.9 Å². The maximum absolute atomic E-state index is 5.74. The Kier molecular flexibility index (Phi) is 3.03. The summed E-state index contributed by atoms with van der Waals surface area (Å²) in [4.78, 5) is 6.43. The van der Waals surface area contributed by atoms with Gasteiger partial charge in [-0.3, -0.25) is 4.98 Å². The molecule has 0 bridgehead atoms. The van der Waals surface area contributed by atoms with Crippen LogP contribution in [0, 0.1) is 0 Å². The Morgan fingerprint density at radius 1 is 1.64 bits per heavy atom. The second-order valence-corrected chi connectivity index (χ2v) is 4.41. The highest BCUT2D eigenvalue weighted by Crippen LogP contribution is 2.30. The van der Waals surface area contributed by atoms with Crippen LogP contribution in [-0.4, -0.2) is 24.1 Å². The molecule has 0 amide bonds. The summed E-state index contributed by atoms with van der Waals surface area (Å²) in [6.45, 7) is 1.83. The van der Waals surface area contributed by atoms with Crippen LogP contribution in [0.15, 0.2) is 22.9 Å². The molecule has 1 aliphatic heterocycles. The van der Waals surface area contributed by atoms with Gasteiger partial charge in [-0.15, -0.1) is 0 Å². The van der Waals surface area contributed by atoms with E-state index in [9.17, 15) is 0 Å². The third-order valence-electron chi connectivity index (χ3n) is 2.71. The monoisotopic (exact) mass is 255 g/mol. The van der Waals surface area contributed by atoms with Crippen molar-refractivity contribution in [2.75, 3.05) is 18.0 Å². The summed E-state index contributed by atoms with van der Waals surface area (Å²) in [5.74, 6) is 0. The summed E-state index contributed by atoms with van der Waals surface area (Å²) in [6.07, 6.45) is 6.09. The smallest absolute Gasteiger partial charge is 0.0592 e. The number of halogens is 1. The van der Waals surface area contributed by atoms with Crippen LogP contribution in [-0.2, 0) is 0 Å². The number of hydrogen-bond donors (Lipinski definition) is 1. The van der Waals surface area contributed by atoms with Crippen LogP contribution in [0.1, 0.15) is 12.8 Å². The summed E-state index contributed by atoms with van der Waals surface area (Å²) in [5.41, 5.74) is 6.95. The summed E-state index contributed by atoms with van der Waals surface area (Å²) in [6, 6.07) is 2.53. The molecule has 76 valence electrons. The van der Waals surface area contributed by atoms with E-state index in [4.69, 9.17) is 5.73 Å². The Balaban J connectivity index is 2.26. The van der Waals surface area contributed by atoms with Gasteiger partial charge in [-0.2, -0.15) is 0 Å². The SMILES string of the molecule is NCC1CCCN1c1ccncc1Br. The summed E-state index contributed by atoms with van der Waals surface area (Å²) >= 11 is 3.52. The van der Waals surface area contributed by atoms with Crippen LogP contribution in [0.3, 0.4) is 0 Å². The predicted octanol–water partition coefficient (Wildman–Crippen LogP) is 1.77. The van der Waals surface area contributed by atoms with Gasteiger partial charge in [-0.05, 0) is 34.8 Å². The zero-order valence-electron chi connectivity index (χ0n) is 7.99. The summed E-state index contributed by atoms with van der Waals surface area (Å²) < 4.78 is 1.06. The molecule has 0 aliphatic carbocycles. The number of hydrogen-bond acceptors (Lipinski definition) is 3. The molecule has 14 heavy (non-hydrogen) atoms. The lowest BCUT2D eigenvalue weighted by atomic mass is 10.2. The molecule has 0 spiro atoms. The molecule has 1 aromatic heterocycles. The minimum atomic E-state index is 0.494. The van der Waals surface area contributed by atoms with Gasteiger partial charge in [0.05, 0.1) is 10.2 Å². The molecule has 1 saturated heterocycles. The van der Waals surface area contributed by atoms with E-state index in [2.05, 4.69) is 25.8 Å². The van der Waals surface area contributed by atoms with E-state index < -0.39 is 0 Å². The molecule has 2 heterocycles. The van der Waals surface area contributed by atoms with Crippen molar-refractivity contribution < 1.29 is 0 Å². The standard InChI is InChI=1S/C10H14BrN3/c11-9-7-13-4-3-10(9)14-5-1-2-8(14)6-12/h3-4,7-8H,1-2,5-6,12H2. The van der Waals surface area contributed by atoms with Crippen molar-refractivity contribution in [3.8, 4) is 0 Å². The Morgan fingerprint density at radius 3 is 3.21 bits per heavy atom. The van der Waals surface area contributed by atoms with Gasteiger partial charge in [0.25, 0.3) is 0 Å². The van der Waals surface area contributed by atoms with E-state index in [0.717, 1.165) is 17.6 Å². The number of nitrogens with zero attached hydrogens (tertiary/aromatic N) is 2. The Hall–Kier alpha value is -0.610. The molecule has 4 heteroatoms. The van der Waals surface area contributed by atoms with Gasteiger partial charge in [0, 0.05) is 31.5 Å². The van der Waals surface area contributed by atoms with Gasteiger partial charge >= 0.3 is 0 Å². The zero-order chi connectivity index (χ0) is 9.97. The second-order valence-electron chi connectivity index (χ2n) is 3.55. The Morgan fingerprint density at radius 2 is 2.50 bits per heavy atom. The summed E-state index contributed by atoms with van der Waals surface area (Å²) in [7, 11) is 0. The molecule has 0 saturated carbocycles. The van der Waals surface area contributed by atoms with Crippen molar-refractivity contribution in [3.63, 3.8) is 0 Å². The predicted molar refractivity (Wildman–Crippen MR) is 61.4 cm³/mol. The minimum absolute atomic E-state index is 0.494. The largest absolute Gasteiger partial charge is 0.366 e. The second kappa shape index (κ2) is 4.28. The topological polar surface area (TPSA) is 42.1 Å². The lowest BCUT2D eigenvalue weighted by Gasteiger charge is -2.26. The molecular weight excluding hydrogens is 242 g/mol. The molecule has 0 aromatic carbocycles. The molecule has 1 atom stereocenters. The average Bonchev–Trinajstić information content (AvgIpc) is 2.66. The van der Waals surface area contributed by atoms with Crippen molar-refractivity contribution in [2.45, 2.75) is 18.9 Å². The van der Waals surface area contributed by atoms with Gasteiger partial charge in [0.1, 0.15) is 0 Å². The minimum Gasteiger partial charge on any atom is -0.366 e. The first-order valence-corrected chi connectivity index (χ1v) is 5.68. The highest BCUT2D eigenvalue weighted by atomic mass is 79.9. The number of pyridine rings is 1. The first kappa shape index (κ1) is 9.93. The van der Waals surface area contributed by atoms with Crippen LogP contribution < -0.4 is 10.6 Å². The van der Waals surface area contributed by atoms with Gasteiger partial charge in [-0.1, -0.05) is 0 Å². The van der Waals surface area contributed by atoms with Gasteiger partial charge in [0.15, 0.2) is 0 Å². The van der Waals surface area contributed by atoms with Gasteiger partial charge in [-0.25, -0.2) is 0 Å². The van der Waals surface area contributed by atoms with E-state index >= 15 is 0 Å². The first-order chi connectivity index (χ1) is 6.83. The molecule has 1 aliphatic rings. The van der Waals surface area contributed by atoms with Crippen LogP contribution in [0.4, 0.5) is 5.69 Å². The van der Waals surface area contributed by atoms with E-state index in [1.54, 1.807) is 0 Å². The van der Waals surface area contributed by atoms with E-state index in [-0.39, 0.29) is 0 Å². The third-order valence-corrected chi connectivity index (χ3v) is 3.32. The van der Waals surface area contributed by atoms with E-state index in [1.807, 2.05) is 18.5 Å². The normalized spacial score (nSPS) is 21.6. The average molecular weight is 256 g/mol. The lowest BCUT2D eigenvalue weighted by molar-refractivity contribution is 0.676.